The standard InChI is InChI=1S/C23H23ClN4O3/c1-2-31-22(30)23(8-3-9-23)19-18-15(16-13-14(24)5-6-17(16)27-18)7-12-28(19)21(29)20-25-10-4-11-26-20/h4-6,10-11,13,19,27H,2-3,7-9,12H2,1H3. The summed E-state index contributed by atoms with van der Waals surface area (Å²) in [4.78, 5) is 40.2. The summed E-state index contributed by atoms with van der Waals surface area (Å²) >= 11 is 6.26. The van der Waals surface area contributed by atoms with E-state index in [4.69, 9.17) is 16.3 Å². The third-order valence-electron chi connectivity index (χ3n) is 6.56. The second-order valence-corrected chi connectivity index (χ2v) is 8.60. The molecule has 0 spiro atoms. The number of halogens is 1. The van der Waals surface area contributed by atoms with E-state index in [0.717, 1.165) is 28.6 Å². The van der Waals surface area contributed by atoms with Crippen LogP contribution < -0.4 is 0 Å². The van der Waals surface area contributed by atoms with Crippen molar-refractivity contribution < 1.29 is 14.3 Å². The van der Waals surface area contributed by atoms with Gasteiger partial charge in [0.1, 0.15) is 0 Å². The molecule has 1 aliphatic carbocycles. The highest BCUT2D eigenvalue weighted by Crippen LogP contribution is 2.56. The lowest BCUT2D eigenvalue weighted by Gasteiger charge is -2.50. The number of hydrogen-bond donors (Lipinski definition) is 1. The molecule has 1 fully saturated rings. The number of amides is 1. The average molecular weight is 439 g/mol. The van der Waals surface area contributed by atoms with E-state index in [-0.39, 0.29) is 17.7 Å². The van der Waals surface area contributed by atoms with Gasteiger partial charge in [0.15, 0.2) is 0 Å². The van der Waals surface area contributed by atoms with E-state index in [9.17, 15) is 9.59 Å². The molecule has 3 heterocycles. The van der Waals surface area contributed by atoms with Crippen molar-refractivity contribution in [1.82, 2.24) is 19.9 Å². The predicted molar refractivity (Wildman–Crippen MR) is 116 cm³/mol. The Morgan fingerprint density at radius 3 is 2.74 bits per heavy atom. The van der Waals surface area contributed by atoms with Gasteiger partial charge in [0, 0.05) is 40.6 Å². The minimum atomic E-state index is -0.777. The highest BCUT2D eigenvalue weighted by Gasteiger charge is 2.57. The number of carbonyl (C=O) groups excluding carboxylic acids is 2. The number of esters is 1. The molecule has 0 saturated heterocycles. The van der Waals surface area contributed by atoms with Crippen molar-refractivity contribution in [2.24, 2.45) is 5.41 Å². The first-order valence-corrected chi connectivity index (χ1v) is 11.0. The summed E-state index contributed by atoms with van der Waals surface area (Å²) in [5, 5.41) is 1.69. The Bertz CT molecular complexity index is 1160. The molecule has 160 valence electrons. The summed E-state index contributed by atoms with van der Waals surface area (Å²) in [6, 6.07) is 6.93. The molecule has 1 amide bonds. The molecule has 1 aliphatic heterocycles. The number of rotatable bonds is 4. The van der Waals surface area contributed by atoms with Crippen LogP contribution in [0.4, 0.5) is 0 Å². The average Bonchev–Trinajstić information content (AvgIpc) is 3.11. The van der Waals surface area contributed by atoms with Crippen LogP contribution in [0.5, 0.6) is 0 Å². The van der Waals surface area contributed by atoms with E-state index in [1.54, 1.807) is 23.4 Å². The Balaban J connectivity index is 1.67. The largest absolute Gasteiger partial charge is 0.465 e. The molecule has 2 aliphatic rings. The first kappa shape index (κ1) is 20.0. The number of carbonyl (C=O) groups is 2. The van der Waals surface area contributed by atoms with E-state index >= 15 is 0 Å². The molecule has 31 heavy (non-hydrogen) atoms. The monoisotopic (exact) mass is 438 g/mol. The Morgan fingerprint density at radius 2 is 2.06 bits per heavy atom. The molecule has 8 heteroatoms. The van der Waals surface area contributed by atoms with Gasteiger partial charge in [-0.1, -0.05) is 18.0 Å². The smallest absolute Gasteiger partial charge is 0.314 e. The van der Waals surface area contributed by atoms with Crippen molar-refractivity contribution in [3.63, 3.8) is 0 Å². The molecule has 7 nitrogen and oxygen atoms in total. The highest BCUT2D eigenvalue weighted by atomic mass is 35.5. The van der Waals surface area contributed by atoms with Gasteiger partial charge in [-0.05, 0) is 56.0 Å². The maximum absolute atomic E-state index is 13.5. The summed E-state index contributed by atoms with van der Waals surface area (Å²) in [6.07, 6.45) is 6.03. The zero-order chi connectivity index (χ0) is 21.6. The normalized spacial score (nSPS) is 19.5. The Labute approximate surface area is 184 Å². The fourth-order valence-electron chi connectivity index (χ4n) is 5.01. The minimum Gasteiger partial charge on any atom is -0.465 e. The fraction of sp³-hybridized carbons (Fsp3) is 0.391. The van der Waals surface area contributed by atoms with Crippen LogP contribution in [0, 0.1) is 5.41 Å². The van der Waals surface area contributed by atoms with E-state index in [1.807, 2.05) is 25.1 Å². The summed E-state index contributed by atoms with van der Waals surface area (Å²) in [5.41, 5.74) is 2.17. The van der Waals surface area contributed by atoms with Gasteiger partial charge in [0.2, 0.25) is 5.82 Å². The van der Waals surface area contributed by atoms with Crippen molar-refractivity contribution in [3.8, 4) is 0 Å². The van der Waals surface area contributed by atoms with E-state index in [1.165, 1.54) is 0 Å². The Morgan fingerprint density at radius 1 is 1.29 bits per heavy atom. The number of nitrogens with one attached hydrogen (secondary N) is 1. The number of H-pyrrole nitrogens is 1. The van der Waals surface area contributed by atoms with Gasteiger partial charge in [-0.3, -0.25) is 9.59 Å². The topological polar surface area (TPSA) is 88.2 Å². The maximum Gasteiger partial charge on any atom is 0.314 e. The summed E-state index contributed by atoms with van der Waals surface area (Å²) in [6.45, 7) is 2.58. The van der Waals surface area contributed by atoms with Crippen LogP contribution in [0.2, 0.25) is 5.02 Å². The van der Waals surface area contributed by atoms with Crippen molar-refractivity contribution in [2.75, 3.05) is 13.2 Å². The van der Waals surface area contributed by atoms with Crippen LogP contribution in [0.1, 0.15) is 54.1 Å². The number of nitrogens with zero attached hydrogens (tertiary/aromatic N) is 3. The first-order valence-electron chi connectivity index (χ1n) is 10.6. The van der Waals surface area contributed by atoms with Gasteiger partial charge in [0.05, 0.1) is 18.1 Å². The molecule has 1 saturated carbocycles. The quantitative estimate of drug-likeness (QED) is 0.620. The molecule has 0 bridgehead atoms. The number of benzene rings is 1. The number of aromatic amines is 1. The van der Waals surface area contributed by atoms with Crippen molar-refractivity contribution >= 4 is 34.4 Å². The van der Waals surface area contributed by atoms with Gasteiger partial charge in [-0.15, -0.1) is 0 Å². The molecular weight excluding hydrogens is 416 g/mol. The van der Waals surface area contributed by atoms with Gasteiger partial charge in [-0.25, -0.2) is 9.97 Å². The van der Waals surface area contributed by atoms with Gasteiger partial charge in [0.25, 0.3) is 5.91 Å². The molecular formula is C23H23ClN4O3. The summed E-state index contributed by atoms with van der Waals surface area (Å²) in [7, 11) is 0. The lowest BCUT2D eigenvalue weighted by Crippen LogP contribution is -2.55. The first-order chi connectivity index (χ1) is 15.0. The lowest BCUT2D eigenvalue weighted by molar-refractivity contribution is -0.168. The van der Waals surface area contributed by atoms with Gasteiger partial charge in [-0.2, -0.15) is 0 Å². The van der Waals surface area contributed by atoms with Crippen LogP contribution in [0.3, 0.4) is 0 Å². The Hall–Kier alpha value is -2.93. The minimum absolute atomic E-state index is 0.133. The van der Waals surface area contributed by atoms with Crippen LogP contribution in [-0.2, 0) is 16.0 Å². The summed E-state index contributed by atoms with van der Waals surface area (Å²) < 4.78 is 5.50. The lowest BCUT2D eigenvalue weighted by atomic mass is 9.61. The Kier molecular flexibility index (Phi) is 4.93. The van der Waals surface area contributed by atoms with E-state index in [2.05, 4.69) is 15.0 Å². The second kappa shape index (κ2) is 7.64. The molecule has 1 atom stereocenters. The fourth-order valence-corrected chi connectivity index (χ4v) is 5.19. The third kappa shape index (κ3) is 3.10. The van der Waals surface area contributed by atoms with Crippen molar-refractivity contribution in [3.05, 3.63) is 58.8 Å². The summed E-state index contributed by atoms with van der Waals surface area (Å²) in [5.74, 6) is -0.389. The molecule has 0 radical (unpaired) electrons. The van der Waals surface area contributed by atoms with Gasteiger partial charge >= 0.3 is 5.97 Å². The van der Waals surface area contributed by atoms with E-state index in [0.29, 0.717) is 37.4 Å². The zero-order valence-corrected chi connectivity index (χ0v) is 18.0. The van der Waals surface area contributed by atoms with Gasteiger partial charge < -0.3 is 14.6 Å². The van der Waals surface area contributed by atoms with Crippen LogP contribution in [0.15, 0.2) is 36.7 Å². The second-order valence-electron chi connectivity index (χ2n) is 8.16. The molecule has 1 unspecified atom stereocenters. The predicted octanol–water partition coefficient (Wildman–Crippen LogP) is 4.08. The number of aromatic nitrogens is 3. The van der Waals surface area contributed by atoms with E-state index < -0.39 is 11.5 Å². The zero-order valence-electron chi connectivity index (χ0n) is 17.2. The number of fused-ring (bicyclic) bond motifs is 3. The number of ether oxygens (including phenoxy) is 1. The SMILES string of the molecule is CCOC(=O)C1(C2c3[nH]c4ccc(Cl)cc4c3CCN2C(=O)c2ncccn2)CCC1. The van der Waals surface area contributed by atoms with Crippen LogP contribution in [-0.4, -0.2) is 44.9 Å². The molecule has 1 N–H and O–H groups in total. The number of hydrogen-bond acceptors (Lipinski definition) is 5. The van der Waals surface area contributed by atoms with Crippen LogP contribution >= 0.6 is 11.6 Å². The third-order valence-corrected chi connectivity index (χ3v) is 6.79. The van der Waals surface area contributed by atoms with Crippen LogP contribution in [0.25, 0.3) is 10.9 Å². The molecule has 3 aromatic rings. The highest BCUT2D eigenvalue weighted by molar-refractivity contribution is 6.31. The van der Waals surface area contributed by atoms with Crippen molar-refractivity contribution in [2.45, 2.75) is 38.6 Å². The maximum atomic E-state index is 13.5. The van der Waals surface area contributed by atoms with Crippen molar-refractivity contribution in [1.29, 1.82) is 0 Å². The molecule has 1 aromatic carbocycles. The molecule has 5 rings (SSSR count). The molecule has 2 aromatic heterocycles.